The molecule has 1 spiro atoms. The van der Waals surface area contributed by atoms with E-state index < -0.39 is 11.7 Å². The van der Waals surface area contributed by atoms with Crippen molar-refractivity contribution in [2.45, 2.75) is 37.6 Å². The molecule has 1 aliphatic heterocycles. The van der Waals surface area contributed by atoms with E-state index in [1.807, 2.05) is 18.2 Å². The molecule has 2 aromatic carbocycles. The molecule has 3 N–H and O–H groups in total. The van der Waals surface area contributed by atoms with Gasteiger partial charge < -0.3 is 10.4 Å². The van der Waals surface area contributed by atoms with E-state index in [-0.39, 0.29) is 11.3 Å². The number of carbonyl (C=O) groups is 2. The summed E-state index contributed by atoms with van der Waals surface area (Å²) in [6, 6.07) is 14.6. The summed E-state index contributed by atoms with van der Waals surface area (Å²) in [6.07, 6.45) is 8.05. The Balaban J connectivity index is 1.51. The highest BCUT2D eigenvalue weighted by atomic mass is 16.3. The second-order valence-electron chi connectivity index (χ2n) is 7.63. The zero-order chi connectivity index (χ0) is 20.3. The molecule has 1 amide bonds. The average Bonchev–Trinajstić information content (AvgIpc) is 3.16. The van der Waals surface area contributed by atoms with Crippen molar-refractivity contribution in [3.63, 3.8) is 0 Å². The Morgan fingerprint density at radius 3 is 2.59 bits per heavy atom. The van der Waals surface area contributed by atoms with Crippen LogP contribution in [0.3, 0.4) is 0 Å². The number of amides is 1. The van der Waals surface area contributed by atoms with E-state index in [1.165, 1.54) is 23.9 Å². The van der Waals surface area contributed by atoms with Gasteiger partial charge in [0.15, 0.2) is 0 Å². The molecule has 0 unspecified atom stereocenters. The Bertz CT molecular complexity index is 1000. The average molecular weight is 389 g/mol. The number of rotatable bonds is 4. The fourth-order valence-electron chi connectivity index (χ4n) is 4.18. The molecule has 1 fully saturated rings. The second-order valence-corrected chi connectivity index (χ2v) is 7.63. The van der Waals surface area contributed by atoms with Crippen molar-refractivity contribution in [2.24, 2.45) is 5.10 Å². The number of hydrazone groups is 1. The lowest BCUT2D eigenvalue weighted by molar-refractivity contribution is -0.135. The Morgan fingerprint density at radius 2 is 1.79 bits per heavy atom. The monoisotopic (exact) mass is 389 g/mol. The molecule has 0 radical (unpaired) electrons. The molecule has 2 aliphatic rings. The number of phenols is 1. The fourth-order valence-corrected chi connectivity index (χ4v) is 4.18. The summed E-state index contributed by atoms with van der Waals surface area (Å²) in [5, 5.41) is 17.0. The number of hydrogen-bond acceptors (Lipinski definition) is 5. The molecule has 0 saturated heterocycles. The molecule has 29 heavy (non-hydrogen) atoms. The molecule has 6 heteroatoms. The van der Waals surface area contributed by atoms with Gasteiger partial charge in [0, 0.05) is 28.4 Å². The van der Waals surface area contributed by atoms with E-state index in [0.717, 1.165) is 37.7 Å². The van der Waals surface area contributed by atoms with Crippen molar-refractivity contribution in [1.29, 1.82) is 0 Å². The predicted octanol–water partition coefficient (Wildman–Crippen LogP) is 2.91. The number of carbonyl (C=O) groups excluding carboxylic acids is 2. The normalized spacial score (nSPS) is 18.6. The summed E-state index contributed by atoms with van der Waals surface area (Å²) in [5.41, 5.74) is 5.51. The summed E-state index contributed by atoms with van der Waals surface area (Å²) in [7, 11) is 0. The fraction of sp³-hybridized carbons (Fsp3) is 0.261. The quantitative estimate of drug-likeness (QED) is 0.325. The number of nitrogens with zero attached hydrogens (tertiary/aromatic N) is 1. The maximum Gasteiger partial charge on any atom is 0.311 e. The molecule has 4 rings (SSSR count). The lowest BCUT2D eigenvalue weighted by Crippen LogP contribution is -2.47. The maximum absolute atomic E-state index is 12.5. The molecule has 2 aromatic rings. The number of nitrogens with one attached hydrogen (secondary N) is 2. The van der Waals surface area contributed by atoms with Crippen LogP contribution in [0.1, 0.15) is 42.4 Å². The Hall–Kier alpha value is -3.41. The molecule has 1 saturated carbocycles. The number of fused-ring (bicyclic) bond motifs is 1. The smallest absolute Gasteiger partial charge is 0.311 e. The number of phenolic OH excluding ortho intramolecular Hbond substituents is 1. The number of ketones is 1. The SMILES string of the molecule is O=C(C=C1NC2(CCCC2)Cc2ccccc21)C(=O)NN=Cc1ccccc1O. The van der Waals surface area contributed by atoms with Crippen LogP contribution in [0.5, 0.6) is 5.75 Å². The second kappa shape index (κ2) is 7.91. The van der Waals surface area contributed by atoms with E-state index in [0.29, 0.717) is 11.3 Å². The van der Waals surface area contributed by atoms with E-state index >= 15 is 0 Å². The van der Waals surface area contributed by atoms with Crippen molar-refractivity contribution in [3.8, 4) is 5.75 Å². The first-order chi connectivity index (χ1) is 14.1. The van der Waals surface area contributed by atoms with Gasteiger partial charge in [-0.2, -0.15) is 5.10 Å². The van der Waals surface area contributed by atoms with Gasteiger partial charge in [0.25, 0.3) is 0 Å². The molecule has 0 aromatic heterocycles. The molecule has 6 nitrogen and oxygen atoms in total. The summed E-state index contributed by atoms with van der Waals surface area (Å²) in [5.74, 6) is -1.45. The molecule has 0 bridgehead atoms. The first kappa shape index (κ1) is 18.9. The summed E-state index contributed by atoms with van der Waals surface area (Å²) < 4.78 is 0. The van der Waals surface area contributed by atoms with Gasteiger partial charge in [0.05, 0.1) is 6.21 Å². The standard InChI is InChI=1S/C23H23N3O3/c27-20-10-4-2-8-17(20)15-24-26-22(29)21(28)13-19-18-9-3-1-7-16(18)14-23(25-19)11-5-6-12-23/h1-4,7-10,13,15,25,27H,5-6,11-12,14H2,(H,26,29). The summed E-state index contributed by atoms with van der Waals surface area (Å²) in [4.78, 5) is 24.7. The van der Waals surface area contributed by atoms with Crippen LogP contribution in [0, 0.1) is 0 Å². The highest BCUT2D eigenvalue weighted by Gasteiger charge is 2.38. The Kier molecular flexibility index (Phi) is 5.16. The summed E-state index contributed by atoms with van der Waals surface area (Å²) >= 11 is 0. The molecular weight excluding hydrogens is 366 g/mol. The van der Waals surface area contributed by atoms with Gasteiger partial charge in [-0.1, -0.05) is 49.2 Å². The lowest BCUT2D eigenvalue weighted by atomic mass is 9.82. The van der Waals surface area contributed by atoms with Crippen molar-refractivity contribution in [2.75, 3.05) is 0 Å². The zero-order valence-corrected chi connectivity index (χ0v) is 16.0. The minimum Gasteiger partial charge on any atom is -0.507 e. The van der Waals surface area contributed by atoms with E-state index in [2.05, 4.69) is 21.9 Å². The number of para-hydroxylation sites is 1. The molecule has 0 atom stereocenters. The topological polar surface area (TPSA) is 90.8 Å². The van der Waals surface area contributed by atoms with Crippen LogP contribution in [0.2, 0.25) is 0 Å². The third-order valence-electron chi connectivity index (χ3n) is 5.60. The van der Waals surface area contributed by atoms with Gasteiger partial charge in [-0.3, -0.25) is 9.59 Å². The van der Waals surface area contributed by atoms with Crippen LogP contribution >= 0.6 is 0 Å². The molecule has 1 aliphatic carbocycles. The van der Waals surface area contributed by atoms with Crippen LogP contribution in [-0.4, -0.2) is 28.6 Å². The van der Waals surface area contributed by atoms with Crippen LogP contribution < -0.4 is 10.7 Å². The van der Waals surface area contributed by atoms with E-state index in [1.54, 1.807) is 18.2 Å². The summed E-state index contributed by atoms with van der Waals surface area (Å²) in [6.45, 7) is 0. The maximum atomic E-state index is 12.5. The van der Waals surface area contributed by atoms with E-state index in [4.69, 9.17) is 0 Å². The zero-order valence-electron chi connectivity index (χ0n) is 16.0. The first-order valence-corrected chi connectivity index (χ1v) is 9.80. The van der Waals surface area contributed by atoms with Gasteiger partial charge in [-0.25, -0.2) is 5.43 Å². The van der Waals surface area contributed by atoms with Gasteiger partial charge in [0.2, 0.25) is 5.78 Å². The van der Waals surface area contributed by atoms with Crippen LogP contribution in [0.15, 0.2) is 59.7 Å². The highest BCUT2D eigenvalue weighted by molar-refractivity contribution is 6.41. The van der Waals surface area contributed by atoms with Gasteiger partial charge in [0.1, 0.15) is 5.75 Å². The van der Waals surface area contributed by atoms with Gasteiger partial charge in [-0.15, -0.1) is 0 Å². The van der Waals surface area contributed by atoms with Crippen LogP contribution in [-0.2, 0) is 16.0 Å². The minimum atomic E-state index is -0.825. The van der Waals surface area contributed by atoms with Crippen LogP contribution in [0.25, 0.3) is 5.70 Å². The van der Waals surface area contributed by atoms with Gasteiger partial charge in [-0.05, 0) is 37.0 Å². The van der Waals surface area contributed by atoms with Crippen LogP contribution in [0.4, 0.5) is 0 Å². The molecule has 148 valence electrons. The van der Waals surface area contributed by atoms with E-state index in [9.17, 15) is 14.7 Å². The first-order valence-electron chi connectivity index (χ1n) is 9.80. The third kappa shape index (κ3) is 4.06. The van der Waals surface area contributed by atoms with Crippen molar-refractivity contribution in [3.05, 3.63) is 71.3 Å². The predicted molar refractivity (Wildman–Crippen MR) is 111 cm³/mol. The van der Waals surface area contributed by atoms with Crippen molar-refractivity contribution in [1.82, 2.24) is 10.7 Å². The number of hydrogen-bond donors (Lipinski definition) is 3. The minimum absolute atomic E-state index is 0.0278. The lowest BCUT2D eigenvalue weighted by Gasteiger charge is -2.38. The largest absolute Gasteiger partial charge is 0.507 e. The Morgan fingerprint density at radius 1 is 1.07 bits per heavy atom. The number of aromatic hydroxyl groups is 1. The number of benzene rings is 2. The van der Waals surface area contributed by atoms with Crippen molar-refractivity contribution < 1.29 is 14.7 Å². The van der Waals surface area contributed by atoms with Crippen molar-refractivity contribution >= 4 is 23.6 Å². The van der Waals surface area contributed by atoms with Gasteiger partial charge >= 0.3 is 5.91 Å². The highest BCUT2D eigenvalue weighted by Crippen LogP contribution is 2.39. The Labute approximate surface area is 169 Å². The molecule has 1 heterocycles. The third-order valence-corrected chi connectivity index (χ3v) is 5.60. The molecular formula is C23H23N3O3.